The molecule has 0 saturated carbocycles. The molecule has 0 aliphatic carbocycles. The van der Waals surface area contributed by atoms with Crippen molar-refractivity contribution >= 4 is 23.2 Å². The van der Waals surface area contributed by atoms with Crippen molar-refractivity contribution in [2.24, 2.45) is 5.73 Å². The number of hydrogen-bond acceptors (Lipinski definition) is 3. The molecule has 132 valence electrons. The highest BCUT2D eigenvalue weighted by Crippen LogP contribution is 2.21. The topological polar surface area (TPSA) is 84.2 Å². The van der Waals surface area contributed by atoms with Crippen LogP contribution >= 0.6 is 0 Å². The zero-order valence-corrected chi connectivity index (χ0v) is 14.9. The van der Waals surface area contributed by atoms with Crippen LogP contribution in [0.2, 0.25) is 0 Å². The predicted molar refractivity (Wildman–Crippen MR) is 102 cm³/mol. The molecule has 2 atom stereocenters. The van der Waals surface area contributed by atoms with Crippen LogP contribution in [-0.4, -0.2) is 17.9 Å². The molecular formula is C20H25N3O2. The van der Waals surface area contributed by atoms with E-state index in [-0.39, 0.29) is 5.91 Å². The Morgan fingerprint density at radius 1 is 0.960 bits per heavy atom. The van der Waals surface area contributed by atoms with Gasteiger partial charge in [0.1, 0.15) is 6.04 Å². The molecular weight excluding hydrogens is 314 g/mol. The van der Waals surface area contributed by atoms with Gasteiger partial charge < -0.3 is 16.4 Å². The summed E-state index contributed by atoms with van der Waals surface area (Å²) < 4.78 is 0. The van der Waals surface area contributed by atoms with Crippen molar-refractivity contribution in [3.05, 3.63) is 59.7 Å². The fourth-order valence-corrected chi connectivity index (χ4v) is 2.43. The number of primary amides is 1. The first-order valence-corrected chi connectivity index (χ1v) is 8.48. The SMILES string of the molecule is CC[C@@H](C)c1ccc(N[C@H](C)C(=O)Nc2ccc(C(N)=O)cc2)cc1. The van der Waals surface area contributed by atoms with Crippen LogP contribution in [0.1, 0.15) is 49.0 Å². The minimum Gasteiger partial charge on any atom is -0.374 e. The number of nitrogens with one attached hydrogen (secondary N) is 2. The van der Waals surface area contributed by atoms with Crippen molar-refractivity contribution in [1.82, 2.24) is 0 Å². The second kappa shape index (κ2) is 8.33. The Hall–Kier alpha value is -2.82. The summed E-state index contributed by atoms with van der Waals surface area (Å²) >= 11 is 0. The summed E-state index contributed by atoms with van der Waals surface area (Å²) in [4.78, 5) is 23.3. The first kappa shape index (κ1) is 18.5. The van der Waals surface area contributed by atoms with Gasteiger partial charge >= 0.3 is 0 Å². The van der Waals surface area contributed by atoms with E-state index in [0.29, 0.717) is 17.2 Å². The summed E-state index contributed by atoms with van der Waals surface area (Å²) in [6.45, 7) is 6.16. The van der Waals surface area contributed by atoms with Gasteiger partial charge in [0.25, 0.3) is 0 Å². The van der Waals surface area contributed by atoms with Crippen LogP contribution < -0.4 is 16.4 Å². The summed E-state index contributed by atoms with van der Waals surface area (Å²) in [5.74, 6) is -0.121. The minimum absolute atomic E-state index is 0.155. The summed E-state index contributed by atoms with van der Waals surface area (Å²) in [6.07, 6.45) is 1.10. The molecule has 0 spiro atoms. The van der Waals surface area contributed by atoms with Gasteiger partial charge in [-0.05, 0) is 61.2 Å². The third-order valence-corrected chi connectivity index (χ3v) is 4.31. The Labute approximate surface area is 148 Å². The van der Waals surface area contributed by atoms with Gasteiger partial charge in [-0.3, -0.25) is 9.59 Å². The highest BCUT2D eigenvalue weighted by molar-refractivity contribution is 5.97. The van der Waals surface area contributed by atoms with E-state index in [0.717, 1.165) is 12.1 Å². The van der Waals surface area contributed by atoms with Crippen LogP contribution in [-0.2, 0) is 4.79 Å². The Morgan fingerprint density at radius 2 is 1.52 bits per heavy atom. The highest BCUT2D eigenvalue weighted by Gasteiger charge is 2.13. The largest absolute Gasteiger partial charge is 0.374 e. The molecule has 2 aromatic rings. The number of anilines is 2. The predicted octanol–water partition coefficient (Wildman–Crippen LogP) is 3.74. The number of rotatable bonds is 7. The van der Waals surface area contributed by atoms with Gasteiger partial charge in [-0.1, -0.05) is 26.0 Å². The molecule has 0 saturated heterocycles. The Morgan fingerprint density at radius 3 is 2.04 bits per heavy atom. The van der Waals surface area contributed by atoms with Crippen molar-refractivity contribution in [2.45, 2.75) is 39.2 Å². The molecule has 2 aromatic carbocycles. The van der Waals surface area contributed by atoms with Gasteiger partial charge in [0.15, 0.2) is 0 Å². The molecule has 0 fully saturated rings. The normalized spacial score (nSPS) is 12.9. The van der Waals surface area contributed by atoms with Crippen molar-refractivity contribution in [3.63, 3.8) is 0 Å². The summed E-state index contributed by atoms with van der Waals surface area (Å²) in [7, 11) is 0. The molecule has 5 nitrogen and oxygen atoms in total. The first-order chi connectivity index (χ1) is 11.9. The van der Waals surface area contributed by atoms with Crippen molar-refractivity contribution in [3.8, 4) is 0 Å². The Balaban J connectivity index is 1.94. The second-order valence-corrected chi connectivity index (χ2v) is 6.23. The molecule has 0 aliphatic heterocycles. The van der Waals surface area contributed by atoms with Crippen LogP contribution in [0.5, 0.6) is 0 Å². The molecule has 0 aromatic heterocycles. The maximum Gasteiger partial charge on any atom is 0.248 e. The van der Waals surface area contributed by atoms with Crippen LogP contribution in [0.3, 0.4) is 0 Å². The number of benzene rings is 2. The van der Waals surface area contributed by atoms with Crippen LogP contribution in [0.4, 0.5) is 11.4 Å². The number of carbonyl (C=O) groups excluding carboxylic acids is 2. The minimum atomic E-state index is -0.492. The zero-order chi connectivity index (χ0) is 18.4. The molecule has 2 rings (SSSR count). The van der Waals surface area contributed by atoms with Gasteiger partial charge in [-0.15, -0.1) is 0 Å². The monoisotopic (exact) mass is 339 g/mol. The van der Waals surface area contributed by atoms with Crippen LogP contribution in [0.15, 0.2) is 48.5 Å². The lowest BCUT2D eigenvalue weighted by atomic mass is 9.98. The van der Waals surface area contributed by atoms with Crippen LogP contribution in [0.25, 0.3) is 0 Å². The average Bonchev–Trinajstić information content (AvgIpc) is 2.62. The standard InChI is InChI=1S/C20H25N3O2/c1-4-13(2)15-5-9-17(10-6-15)22-14(3)20(25)23-18-11-7-16(8-12-18)19(21)24/h5-14,22H,4H2,1-3H3,(H2,21,24)(H,23,25)/t13-,14-/m1/s1. The Bertz CT molecular complexity index is 724. The third-order valence-electron chi connectivity index (χ3n) is 4.31. The lowest BCUT2D eigenvalue weighted by molar-refractivity contribution is -0.116. The molecule has 0 heterocycles. The molecule has 0 bridgehead atoms. The maximum atomic E-state index is 12.3. The van der Waals surface area contributed by atoms with E-state index in [1.165, 1.54) is 5.56 Å². The van der Waals surface area contributed by atoms with Crippen molar-refractivity contribution in [1.29, 1.82) is 0 Å². The molecule has 4 N–H and O–H groups in total. The summed E-state index contributed by atoms with van der Waals surface area (Å²) in [6, 6.07) is 14.3. The zero-order valence-electron chi connectivity index (χ0n) is 14.9. The number of hydrogen-bond donors (Lipinski definition) is 3. The van der Waals surface area contributed by atoms with E-state index < -0.39 is 11.9 Å². The van der Waals surface area contributed by atoms with Gasteiger partial charge in [0, 0.05) is 16.9 Å². The van der Waals surface area contributed by atoms with E-state index in [1.54, 1.807) is 31.2 Å². The van der Waals surface area contributed by atoms with E-state index >= 15 is 0 Å². The highest BCUT2D eigenvalue weighted by atomic mass is 16.2. The van der Waals surface area contributed by atoms with Gasteiger partial charge in [-0.2, -0.15) is 0 Å². The van der Waals surface area contributed by atoms with Crippen molar-refractivity contribution in [2.75, 3.05) is 10.6 Å². The first-order valence-electron chi connectivity index (χ1n) is 8.48. The lowest BCUT2D eigenvalue weighted by Crippen LogP contribution is -2.31. The average molecular weight is 339 g/mol. The molecule has 0 radical (unpaired) electrons. The lowest BCUT2D eigenvalue weighted by Gasteiger charge is -2.16. The molecule has 0 unspecified atom stereocenters. The number of amides is 2. The molecule has 0 aliphatic rings. The third kappa shape index (κ3) is 5.08. The fourth-order valence-electron chi connectivity index (χ4n) is 2.43. The second-order valence-electron chi connectivity index (χ2n) is 6.23. The number of nitrogens with two attached hydrogens (primary N) is 1. The van der Waals surface area contributed by atoms with E-state index in [9.17, 15) is 9.59 Å². The van der Waals surface area contributed by atoms with E-state index in [1.807, 2.05) is 12.1 Å². The molecule has 25 heavy (non-hydrogen) atoms. The van der Waals surface area contributed by atoms with Gasteiger partial charge in [0.2, 0.25) is 11.8 Å². The Kier molecular flexibility index (Phi) is 6.17. The number of carbonyl (C=O) groups is 2. The fraction of sp³-hybridized carbons (Fsp3) is 0.300. The molecule has 5 heteroatoms. The van der Waals surface area contributed by atoms with Gasteiger partial charge in [0.05, 0.1) is 0 Å². The van der Waals surface area contributed by atoms with E-state index in [2.05, 4.69) is 36.6 Å². The summed E-state index contributed by atoms with van der Waals surface area (Å²) in [5.41, 5.74) is 8.42. The van der Waals surface area contributed by atoms with E-state index in [4.69, 9.17) is 5.73 Å². The molecule has 2 amide bonds. The summed E-state index contributed by atoms with van der Waals surface area (Å²) in [5, 5.41) is 6.00. The van der Waals surface area contributed by atoms with Crippen LogP contribution in [0, 0.1) is 0 Å². The smallest absolute Gasteiger partial charge is 0.248 e. The van der Waals surface area contributed by atoms with Crippen molar-refractivity contribution < 1.29 is 9.59 Å². The maximum absolute atomic E-state index is 12.3. The quantitative estimate of drug-likeness (QED) is 0.718. The van der Waals surface area contributed by atoms with Gasteiger partial charge in [-0.25, -0.2) is 0 Å².